The van der Waals surface area contributed by atoms with Crippen LogP contribution in [0.3, 0.4) is 0 Å². The number of fused-ring (bicyclic) bond motifs is 1. The van der Waals surface area contributed by atoms with Gasteiger partial charge in [0.1, 0.15) is 11.3 Å². The molecule has 0 N–H and O–H groups in total. The van der Waals surface area contributed by atoms with Gasteiger partial charge >= 0.3 is 0 Å². The topological polar surface area (TPSA) is 73.4 Å². The van der Waals surface area contributed by atoms with Gasteiger partial charge in [-0.25, -0.2) is 4.98 Å². The number of hydrogen-bond acceptors (Lipinski definition) is 8. The van der Waals surface area contributed by atoms with Crippen molar-refractivity contribution in [1.29, 1.82) is 0 Å². The number of carbonyl (C=O) groups is 1. The normalized spacial score (nSPS) is 13.9. The Kier molecular flexibility index (Phi) is 6.03. The molecule has 0 atom stereocenters. The van der Waals surface area contributed by atoms with Gasteiger partial charge in [-0.05, 0) is 24.3 Å². The molecule has 2 aromatic carbocycles. The highest BCUT2D eigenvalue weighted by Gasteiger charge is 2.26. The van der Waals surface area contributed by atoms with Crippen LogP contribution in [0.25, 0.3) is 10.2 Å². The molecule has 31 heavy (non-hydrogen) atoms. The summed E-state index contributed by atoms with van der Waals surface area (Å²) in [4.78, 5) is 21.9. The third-order valence-electron chi connectivity index (χ3n) is 5.34. The van der Waals surface area contributed by atoms with Crippen LogP contribution in [0.5, 0.6) is 23.0 Å². The third kappa shape index (κ3) is 3.93. The minimum Gasteiger partial charge on any atom is -0.494 e. The number of thiazole rings is 1. The maximum atomic E-state index is 13.1. The average Bonchev–Trinajstić information content (AvgIpc) is 3.27. The number of piperazine rings is 1. The molecule has 164 valence electrons. The number of rotatable bonds is 6. The number of aromatic nitrogens is 1. The van der Waals surface area contributed by atoms with Crippen molar-refractivity contribution in [2.75, 3.05) is 59.5 Å². The molecular weight excluding hydrogens is 418 g/mol. The molecule has 1 aliphatic rings. The summed E-state index contributed by atoms with van der Waals surface area (Å²) in [6.45, 7) is 2.61. The Labute approximate surface area is 184 Å². The molecule has 0 saturated carbocycles. The van der Waals surface area contributed by atoms with Crippen molar-refractivity contribution in [3.8, 4) is 23.0 Å². The quantitative estimate of drug-likeness (QED) is 0.579. The molecule has 0 aliphatic carbocycles. The summed E-state index contributed by atoms with van der Waals surface area (Å²) in [6.07, 6.45) is 0. The second-order valence-corrected chi connectivity index (χ2v) is 8.01. The summed E-state index contributed by atoms with van der Waals surface area (Å²) < 4.78 is 22.6. The summed E-state index contributed by atoms with van der Waals surface area (Å²) >= 11 is 1.64. The molecule has 0 radical (unpaired) electrons. The van der Waals surface area contributed by atoms with E-state index in [4.69, 9.17) is 23.9 Å². The van der Waals surface area contributed by atoms with Crippen molar-refractivity contribution in [2.45, 2.75) is 0 Å². The van der Waals surface area contributed by atoms with Crippen LogP contribution in [-0.4, -0.2) is 70.4 Å². The number of para-hydroxylation sites is 1. The van der Waals surface area contributed by atoms with E-state index in [1.54, 1.807) is 37.7 Å². The minimum atomic E-state index is -0.0649. The lowest BCUT2D eigenvalue weighted by molar-refractivity contribution is 0.0746. The summed E-state index contributed by atoms with van der Waals surface area (Å²) in [6, 6.07) is 9.31. The fraction of sp³-hybridized carbons (Fsp3) is 0.364. The summed E-state index contributed by atoms with van der Waals surface area (Å²) in [7, 11) is 6.27. The summed E-state index contributed by atoms with van der Waals surface area (Å²) in [5, 5.41) is 0.944. The Balaban J connectivity index is 1.49. The summed E-state index contributed by atoms with van der Waals surface area (Å²) in [5.41, 5.74) is 1.38. The minimum absolute atomic E-state index is 0.0649. The molecule has 1 aromatic heterocycles. The van der Waals surface area contributed by atoms with E-state index in [1.807, 2.05) is 23.1 Å². The Morgan fingerprint density at radius 3 is 2.13 bits per heavy atom. The zero-order chi connectivity index (χ0) is 22.0. The van der Waals surface area contributed by atoms with Crippen LogP contribution in [0.15, 0.2) is 30.3 Å². The number of nitrogens with zero attached hydrogens (tertiary/aromatic N) is 3. The molecule has 0 spiro atoms. The Bertz CT molecular complexity index is 1070. The van der Waals surface area contributed by atoms with Crippen molar-refractivity contribution < 1.29 is 23.7 Å². The Morgan fingerprint density at radius 2 is 1.55 bits per heavy atom. The van der Waals surface area contributed by atoms with E-state index in [1.165, 1.54) is 14.2 Å². The molecule has 0 unspecified atom stereocenters. The number of methoxy groups -OCH3 is 4. The lowest BCUT2D eigenvalue weighted by Crippen LogP contribution is -2.48. The first-order valence-corrected chi connectivity index (χ1v) is 10.7. The number of ether oxygens (including phenoxy) is 4. The average molecular weight is 444 g/mol. The zero-order valence-corrected chi connectivity index (χ0v) is 18.8. The number of hydrogen-bond donors (Lipinski definition) is 0. The SMILES string of the molecule is COc1cc(C(=O)N2CCN(c3nc4c(OC)cccc4s3)CC2)cc(OC)c1OC. The number of carbonyl (C=O) groups excluding carboxylic acids is 1. The monoisotopic (exact) mass is 443 g/mol. The highest BCUT2D eigenvalue weighted by molar-refractivity contribution is 7.22. The van der Waals surface area contributed by atoms with Crippen LogP contribution in [0.1, 0.15) is 10.4 Å². The van der Waals surface area contributed by atoms with Crippen LogP contribution in [0.4, 0.5) is 5.13 Å². The van der Waals surface area contributed by atoms with Gasteiger partial charge in [-0.3, -0.25) is 4.79 Å². The Hall–Kier alpha value is -3.20. The van der Waals surface area contributed by atoms with Gasteiger partial charge in [0.05, 0.1) is 33.1 Å². The van der Waals surface area contributed by atoms with Gasteiger partial charge < -0.3 is 28.7 Å². The standard InChI is InChI=1S/C22H25N3O5S/c1-27-15-6-5-7-18-19(15)23-22(31-18)25-10-8-24(9-11-25)21(26)14-12-16(28-2)20(30-4)17(13-14)29-3/h5-7,12-13H,8-11H2,1-4H3. The maximum Gasteiger partial charge on any atom is 0.254 e. The smallest absolute Gasteiger partial charge is 0.254 e. The number of amides is 1. The predicted octanol–water partition coefficient (Wildman–Crippen LogP) is 3.29. The van der Waals surface area contributed by atoms with Crippen LogP contribution >= 0.6 is 11.3 Å². The summed E-state index contributed by atoms with van der Waals surface area (Å²) in [5.74, 6) is 2.11. The van der Waals surface area contributed by atoms with Gasteiger partial charge in [-0.1, -0.05) is 17.4 Å². The van der Waals surface area contributed by atoms with E-state index in [9.17, 15) is 4.79 Å². The molecule has 1 aliphatic heterocycles. The maximum absolute atomic E-state index is 13.1. The molecule has 8 nitrogen and oxygen atoms in total. The van der Waals surface area contributed by atoms with Crippen molar-refractivity contribution in [3.63, 3.8) is 0 Å². The highest BCUT2D eigenvalue weighted by Crippen LogP contribution is 2.39. The lowest BCUT2D eigenvalue weighted by atomic mass is 10.1. The molecule has 0 bridgehead atoms. The van der Waals surface area contributed by atoms with Crippen LogP contribution in [0, 0.1) is 0 Å². The molecule has 4 rings (SSSR count). The van der Waals surface area contributed by atoms with Gasteiger partial charge in [-0.15, -0.1) is 0 Å². The van der Waals surface area contributed by atoms with Crippen LogP contribution in [-0.2, 0) is 0 Å². The second kappa shape index (κ2) is 8.89. The van der Waals surface area contributed by atoms with E-state index in [2.05, 4.69) is 4.90 Å². The molecular formula is C22H25N3O5S. The first kappa shape index (κ1) is 21.0. The van der Waals surface area contributed by atoms with Gasteiger partial charge in [0.15, 0.2) is 16.6 Å². The molecule has 1 fully saturated rings. The molecule has 1 amide bonds. The molecule has 3 aromatic rings. The van der Waals surface area contributed by atoms with Crippen molar-refractivity contribution in [1.82, 2.24) is 9.88 Å². The van der Waals surface area contributed by atoms with E-state index in [0.717, 1.165) is 21.1 Å². The van der Waals surface area contributed by atoms with Crippen LogP contribution in [0.2, 0.25) is 0 Å². The second-order valence-electron chi connectivity index (χ2n) is 7.00. The van der Waals surface area contributed by atoms with Gasteiger partial charge in [0.2, 0.25) is 5.75 Å². The largest absolute Gasteiger partial charge is 0.494 e. The molecule has 9 heteroatoms. The Morgan fingerprint density at radius 1 is 0.903 bits per heavy atom. The van der Waals surface area contributed by atoms with Gasteiger partial charge in [0, 0.05) is 31.7 Å². The van der Waals surface area contributed by atoms with E-state index >= 15 is 0 Å². The fourth-order valence-electron chi connectivity index (χ4n) is 3.70. The third-order valence-corrected chi connectivity index (χ3v) is 6.42. The van der Waals surface area contributed by atoms with E-state index in [0.29, 0.717) is 49.0 Å². The van der Waals surface area contributed by atoms with Gasteiger partial charge in [-0.2, -0.15) is 0 Å². The van der Waals surface area contributed by atoms with Crippen LogP contribution < -0.4 is 23.8 Å². The van der Waals surface area contributed by atoms with Crippen molar-refractivity contribution in [3.05, 3.63) is 35.9 Å². The predicted molar refractivity (Wildman–Crippen MR) is 120 cm³/mol. The fourth-order valence-corrected chi connectivity index (χ4v) is 4.73. The highest BCUT2D eigenvalue weighted by atomic mass is 32.1. The van der Waals surface area contributed by atoms with E-state index in [-0.39, 0.29) is 5.91 Å². The first-order chi connectivity index (χ1) is 15.1. The molecule has 2 heterocycles. The van der Waals surface area contributed by atoms with Crippen molar-refractivity contribution >= 4 is 32.6 Å². The molecule has 1 saturated heterocycles. The first-order valence-electron chi connectivity index (χ1n) is 9.87. The van der Waals surface area contributed by atoms with E-state index < -0.39 is 0 Å². The lowest BCUT2D eigenvalue weighted by Gasteiger charge is -2.34. The van der Waals surface area contributed by atoms with Gasteiger partial charge in [0.25, 0.3) is 5.91 Å². The number of anilines is 1. The van der Waals surface area contributed by atoms with Crippen molar-refractivity contribution in [2.24, 2.45) is 0 Å². The zero-order valence-electron chi connectivity index (χ0n) is 18.0. The number of benzene rings is 2.